The highest BCUT2D eigenvalue weighted by Gasteiger charge is 2.11. The first-order valence-corrected chi connectivity index (χ1v) is 6.84. The zero-order chi connectivity index (χ0) is 13.6. The van der Waals surface area contributed by atoms with Crippen molar-refractivity contribution in [3.8, 4) is 0 Å². The van der Waals surface area contributed by atoms with Gasteiger partial charge in [0.15, 0.2) is 0 Å². The Morgan fingerprint density at radius 1 is 1.17 bits per heavy atom. The van der Waals surface area contributed by atoms with E-state index in [1.165, 1.54) is 5.56 Å². The molecule has 0 heterocycles. The van der Waals surface area contributed by atoms with Gasteiger partial charge in [-0.1, -0.05) is 52.0 Å². The van der Waals surface area contributed by atoms with Crippen LogP contribution in [0.4, 0.5) is 0 Å². The topological polar surface area (TPSA) is 35.2 Å². The van der Waals surface area contributed by atoms with Gasteiger partial charge in [-0.25, -0.2) is 0 Å². The number of hydrogen-bond acceptors (Lipinski definition) is 2. The van der Waals surface area contributed by atoms with Gasteiger partial charge in [-0.05, 0) is 29.4 Å². The molecule has 2 nitrogen and oxygen atoms in total. The van der Waals surface area contributed by atoms with Gasteiger partial charge in [-0.3, -0.25) is 0 Å². The molecule has 2 N–H and O–H groups in total. The second-order valence-corrected chi connectivity index (χ2v) is 6.09. The van der Waals surface area contributed by atoms with Gasteiger partial charge >= 0.3 is 0 Å². The Morgan fingerprint density at radius 3 is 2.28 bits per heavy atom. The monoisotopic (exact) mass is 249 g/mol. The minimum absolute atomic E-state index is 0.0177. The molecule has 0 aromatic heterocycles. The minimum atomic E-state index is -0.0177. The number of ether oxygens (including phenoxy) is 1. The quantitative estimate of drug-likeness (QED) is 0.780. The SMILES string of the molecule is CCc1ccc(C(N)COCCC(C)(C)C)cc1. The van der Waals surface area contributed by atoms with Crippen LogP contribution in [0.3, 0.4) is 0 Å². The van der Waals surface area contributed by atoms with Gasteiger partial charge in [-0.15, -0.1) is 0 Å². The molecule has 0 radical (unpaired) electrons. The molecule has 102 valence electrons. The van der Waals surface area contributed by atoms with Gasteiger partial charge in [-0.2, -0.15) is 0 Å². The van der Waals surface area contributed by atoms with Crippen LogP contribution in [0.25, 0.3) is 0 Å². The highest BCUT2D eigenvalue weighted by atomic mass is 16.5. The average Bonchev–Trinajstić information content (AvgIpc) is 2.33. The van der Waals surface area contributed by atoms with Crippen molar-refractivity contribution in [2.24, 2.45) is 11.1 Å². The summed E-state index contributed by atoms with van der Waals surface area (Å²) in [7, 11) is 0. The van der Waals surface area contributed by atoms with E-state index in [0.717, 1.165) is 25.0 Å². The highest BCUT2D eigenvalue weighted by Crippen LogP contribution is 2.18. The summed E-state index contributed by atoms with van der Waals surface area (Å²) in [5.74, 6) is 0. The third-order valence-corrected chi connectivity index (χ3v) is 3.11. The number of hydrogen-bond donors (Lipinski definition) is 1. The van der Waals surface area contributed by atoms with Crippen LogP contribution in [-0.4, -0.2) is 13.2 Å². The average molecular weight is 249 g/mol. The number of rotatable bonds is 6. The molecule has 1 aromatic rings. The van der Waals surface area contributed by atoms with E-state index in [0.29, 0.717) is 12.0 Å². The van der Waals surface area contributed by atoms with Crippen LogP contribution in [0.15, 0.2) is 24.3 Å². The number of nitrogens with two attached hydrogens (primary N) is 1. The summed E-state index contributed by atoms with van der Waals surface area (Å²) in [6, 6.07) is 8.48. The van der Waals surface area contributed by atoms with Crippen LogP contribution in [0.5, 0.6) is 0 Å². The van der Waals surface area contributed by atoms with Crippen molar-refractivity contribution in [3.63, 3.8) is 0 Å². The minimum Gasteiger partial charge on any atom is -0.379 e. The van der Waals surface area contributed by atoms with E-state index in [-0.39, 0.29) is 6.04 Å². The van der Waals surface area contributed by atoms with Crippen LogP contribution in [0, 0.1) is 5.41 Å². The van der Waals surface area contributed by atoms with Gasteiger partial charge < -0.3 is 10.5 Å². The van der Waals surface area contributed by atoms with E-state index < -0.39 is 0 Å². The Bertz CT molecular complexity index is 337. The molecule has 0 aliphatic heterocycles. The number of aryl methyl sites for hydroxylation is 1. The highest BCUT2D eigenvalue weighted by molar-refractivity contribution is 5.24. The normalized spacial score (nSPS) is 13.6. The molecule has 0 fully saturated rings. The summed E-state index contributed by atoms with van der Waals surface area (Å²) in [5.41, 5.74) is 8.94. The Kier molecular flexibility index (Phi) is 5.83. The van der Waals surface area contributed by atoms with Gasteiger partial charge in [0.25, 0.3) is 0 Å². The molecule has 18 heavy (non-hydrogen) atoms. The molecular weight excluding hydrogens is 222 g/mol. The first kappa shape index (κ1) is 15.2. The van der Waals surface area contributed by atoms with Crippen LogP contribution < -0.4 is 5.73 Å². The summed E-state index contributed by atoms with van der Waals surface area (Å²) >= 11 is 0. The Labute approximate surface area is 112 Å². The van der Waals surface area contributed by atoms with Gasteiger partial charge in [0.1, 0.15) is 0 Å². The fraction of sp³-hybridized carbons (Fsp3) is 0.625. The van der Waals surface area contributed by atoms with Crippen molar-refractivity contribution in [1.82, 2.24) is 0 Å². The Balaban J connectivity index is 2.33. The van der Waals surface area contributed by atoms with Crippen molar-refractivity contribution in [2.45, 2.75) is 46.6 Å². The van der Waals surface area contributed by atoms with Crippen LogP contribution in [0.1, 0.15) is 51.3 Å². The maximum Gasteiger partial charge on any atom is 0.0659 e. The molecule has 1 rings (SSSR count). The zero-order valence-electron chi connectivity index (χ0n) is 12.2. The maximum atomic E-state index is 6.11. The zero-order valence-corrected chi connectivity index (χ0v) is 12.2. The first-order chi connectivity index (χ1) is 8.42. The third kappa shape index (κ3) is 5.65. The summed E-state index contributed by atoms with van der Waals surface area (Å²) in [4.78, 5) is 0. The van der Waals surface area contributed by atoms with Crippen LogP contribution >= 0.6 is 0 Å². The van der Waals surface area contributed by atoms with Crippen molar-refractivity contribution >= 4 is 0 Å². The molecule has 0 spiro atoms. The molecule has 2 heteroatoms. The lowest BCUT2D eigenvalue weighted by molar-refractivity contribution is 0.0974. The van der Waals surface area contributed by atoms with Gasteiger partial charge in [0, 0.05) is 6.61 Å². The lowest BCUT2D eigenvalue weighted by Gasteiger charge is -2.19. The third-order valence-electron chi connectivity index (χ3n) is 3.11. The van der Waals surface area contributed by atoms with E-state index >= 15 is 0 Å². The Morgan fingerprint density at radius 2 is 1.78 bits per heavy atom. The van der Waals surface area contributed by atoms with E-state index in [4.69, 9.17) is 10.5 Å². The summed E-state index contributed by atoms with van der Waals surface area (Å²) in [6.45, 7) is 10.2. The van der Waals surface area contributed by atoms with Gasteiger partial charge in [0.05, 0.1) is 12.6 Å². The van der Waals surface area contributed by atoms with Crippen molar-refractivity contribution in [2.75, 3.05) is 13.2 Å². The second-order valence-electron chi connectivity index (χ2n) is 6.09. The smallest absolute Gasteiger partial charge is 0.0659 e. The van der Waals surface area contributed by atoms with Crippen LogP contribution in [-0.2, 0) is 11.2 Å². The molecule has 0 saturated heterocycles. The van der Waals surface area contributed by atoms with E-state index in [1.807, 2.05) is 0 Å². The van der Waals surface area contributed by atoms with E-state index in [2.05, 4.69) is 52.0 Å². The van der Waals surface area contributed by atoms with Crippen molar-refractivity contribution in [1.29, 1.82) is 0 Å². The fourth-order valence-electron chi connectivity index (χ4n) is 1.69. The lowest BCUT2D eigenvalue weighted by Crippen LogP contribution is -2.19. The summed E-state index contributed by atoms with van der Waals surface area (Å²) < 4.78 is 5.66. The molecule has 1 aromatic carbocycles. The number of benzene rings is 1. The van der Waals surface area contributed by atoms with Crippen molar-refractivity contribution < 1.29 is 4.74 Å². The molecule has 0 bridgehead atoms. The predicted octanol–water partition coefficient (Wildman–Crippen LogP) is 3.70. The van der Waals surface area contributed by atoms with E-state index in [9.17, 15) is 0 Å². The van der Waals surface area contributed by atoms with E-state index in [1.54, 1.807) is 0 Å². The maximum absolute atomic E-state index is 6.11. The van der Waals surface area contributed by atoms with Crippen molar-refractivity contribution in [3.05, 3.63) is 35.4 Å². The summed E-state index contributed by atoms with van der Waals surface area (Å²) in [5, 5.41) is 0. The molecular formula is C16H27NO. The molecule has 0 aliphatic rings. The first-order valence-electron chi connectivity index (χ1n) is 6.84. The largest absolute Gasteiger partial charge is 0.379 e. The molecule has 1 unspecified atom stereocenters. The molecule has 1 atom stereocenters. The summed E-state index contributed by atoms with van der Waals surface area (Å²) in [6.07, 6.45) is 2.13. The standard InChI is InChI=1S/C16H27NO/c1-5-13-6-8-14(9-7-13)15(17)12-18-11-10-16(2,3)4/h6-9,15H,5,10-12,17H2,1-4H3. The fourth-order valence-corrected chi connectivity index (χ4v) is 1.69. The predicted molar refractivity (Wildman–Crippen MR) is 77.6 cm³/mol. The van der Waals surface area contributed by atoms with Crippen LogP contribution in [0.2, 0.25) is 0 Å². The van der Waals surface area contributed by atoms with Gasteiger partial charge in [0.2, 0.25) is 0 Å². The molecule has 0 amide bonds. The molecule has 0 saturated carbocycles. The second kappa shape index (κ2) is 6.91. The lowest BCUT2D eigenvalue weighted by atomic mass is 9.93. The Hall–Kier alpha value is -0.860. The molecule has 0 aliphatic carbocycles.